The monoisotopic (exact) mass is 430 g/mol. The first-order valence-electron chi connectivity index (χ1n) is 9.58. The molecule has 0 radical (unpaired) electrons. The summed E-state index contributed by atoms with van der Waals surface area (Å²) in [6.45, 7) is 0. The molecule has 1 N–H and O–H groups in total. The first-order valence-corrected chi connectivity index (χ1v) is 11.3. The van der Waals surface area contributed by atoms with Gasteiger partial charge in [0.05, 0.1) is 12.1 Å². The summed E-state index contributed by atoms with van der Waals surface area (Å²) in [7, 11) is 0. The molecule has 0 saturated heterocycles. The topological polar surface area (TPSA) is 42.0 Å². The van der Waals surface area contributed by atoms with Gasteiger partial charge in [-0.2, -0.15) is 0 Å². The highest BCUT2D eigenvalue weighted by molar-refractivity contribution is 9.10. The fourth-order valence-electron chi connectivity index (χ4n) is 5.91. The summed E-state index contributed by atoms with van der Waals surface area (Å²) < 4.78 is 1.05. The lowest BCUT2D eigenvalue weighted by molar-refractivity contribution is -0.126. The van der Waals surface area contributed by atoms with E-state index >= 15 is 0 Å². The molecular formula is C21H23BrN2OS. The number of thiazole rings is 1. The highest BCUT2D eigenvalue weighted by atomic mass is 79.9. The Bertz CT molecular complexity index is 811. The van der Waals surface area contributed by atoms with Gasteiger partial charge in [-0.3, -0.25) is 4.79 Å². The van der Waals surface area contributed by atoms with Crippen molar-refractivity contribution in [3.05, 3.63) is 39.8 Å². The molecule has 1 amide bonds. The number of rotatable bonds is 4. The van der Waals surface area contributed by atoms with Crippen LogP contribution in [0.25, 0.3) is 10.6 Å². The Morgan fingerprint density at radius 2 is 1.88 bits per heavy atom. The maximum absolute atomic E-state index is 12.7. The van der Waals surface area contributed by atoms with E-state index < -0.39 is 0 Å². The first-order chi connectivity index (χ1) is 12.6. The van der Waals surface area contributed by atoms with Gasteiger partial charge >= 0.3 is 0 Å². The third-order valence-electron chi connectivity index (χ3n) is 6.41. The van der Waals surface area contributed by atoms with Gasteiger partial charge in [-0.05, 0) is 68.4 Å². The molecule has 4 aliphatic carbocycles. The van der Waals surface area contributed by atoms with E-state index in [1.807, 2.05) is 17.5 Å². The molecule has 5 heteroatoms. The number of halogens is 1. The van der Waals surface area contributed by atoms with Crippen LogP contribution in [0, 0.1) is 17.8 Å². The molecule has 4 saturated carbocycles. The average Bonchev–Trinajstić information content (AvgIpc) is 3.01. The predicted molar refractivity (Wildman–Crippen MR) is 108 cm³/mol. The number of hydrogen-bond acceptors (Lipinski definition) is 3. The largest absolute Gasteiger partial charge is 0.350 e. The second-order valence-electron chi connectivity index (χ2n) is 8.58. The van der Waals surface area contributed by atoms with Crippen LogP contribution in [0.1, 0.15) is 44.2 Å². The molecule has 3 nitrogen and oxygen atoms in total. The number of benzene rings is 1. The Balaban J connectivity index is 1.27. The molecule has 1 aromatic carbocycles. The van der Waals surface area contributed by atoms with Gasteiger partial charge < -0.3 is 5.32 Å². The summed E-state index contributed by atoms with van der Waals surface area (Å²) in [6, 6.07) is 8.15. The average molecular weight is 431 g/mol. The minimum absolute atomic E-state index is 0.0922. The lowest BCUT2D eigenvalue weighted by atomic mass is 9.53. The van der Waals surface area contributed by atoms with E-state index in [1.54, 1.807) is 11.3 Å². The molecular weight excluding hydrogens is 408 g/mol. The fourth-order valence-corrected chi connectivity index (χ4v) is 7.13. The van der Waals surface area contributed by atoms with Crippen LogP contribution in [0.4, 0.5) is 0 Å². The summed E-state index contributed by atoms with van der Waals surface area (Å²) in [6.07, 6.45) is 8.19. The van der Waals surface area contributed by atoms with Gasteiger partial charge in [0.2, 0.25) is 5.91 Å². The Labute approximate surface area is 166 Å². The fraction of sp³-hybridized carbons (Fsp3) is 0.524. The SMILES string of the molecule is O=C(Cc1csc(-c2cccc(Br)c2)n1)NC12CC3CC(CC(C3)C1)C2. The van der Waals surface area contributed by atoms with Crippen molar-refractivity contribution in [1.29, 1.82) is 0 Å². The van der Waals surface area contributed by atoms with Crippen LogP contribution in [0.2, 0.25) is 0 Å². The summed E-state index contributed by atoms with van der Waals surface area (Å²) in [4.78, 5) is 17.4. The molecule has 0 unspecified atom stereocenters. The number of carbonyl (C=O) groups excluding carboxylic acids is 1. The molecule has 136 valence electrons. The Morgan fingerprint density at radius 1 is 1.19 bits per heavy atom. The maximum Gasteiger partial charge on any atom is 0.226 e. The summed E-state index contributed by atoms with van der Waals surface area (Å²) >= 11 is 5.12. The van der Waals surface area contributed by atoms with Gasteiger partial charge in [0.15, 0.2) is 0 Å². The van der Waals surface area contributed by atoms with Crippen molar-refractivity contribution >= 4 is 33.2 Å². The highest BCUT2D eigenvalue weighted by Crippen LogP contribution is 2.55. The zero-order valence-electron chi connectivity index (χ0n) is 14.7. The predicted octanol–water partition coefficient (Wildman–Crippen LogP) is 5.20. The van der Waals surface area contributed by atoms with Crippen LogP contribution in [0.5, 0.6) is 0 Å². The quantitative estimate of drug-likeness (QED) is 0.723. The smallest absolute Gasteiger partial charge is 0.226 e. The Morgan fingerprint density at radius 3 is 2.54 bits per heavy atom. The Hall–Kier alpha value is -1.20. The number of amides is 1. The molecule has 26 heavy (non-hydrogen) atoms. The standard InChI is InChI=1S/C21H23BrN2OS/c22-17-3-1-2-16(7-17)20-23-18(12-26-20)8-19(25)24-21-9-13-4-14(10-21)6-15(5-13)11-21/h1-3,7,12-15H,4-6,8-11H2,(H,24,25). The van der Waals surface area contributed by atoms with E-state index in [-0.39, 0.29) is 11.4 Å². The normalized spacial score (nSPS) is 32.0. The number of carbonyl (C=O) groups is 1. The first kappa shape index (κ1) is 16.9. The van der Waals surface area contributed by atoms with Crippen LogP contribution in [-0.2, 0) is 11.2 Å². The summed E-state index contributed by atoms with van der Waals surface area (Å²) in [5.41, 5.74) is 2.07. The minimum Gasteiger partial charge on any atom is -0.350 e. The van der Waals surface area contributed by atoms with E-state index in [2.05, 4.69) is 33.4 Å². The van der Waals surface area contributed by atoms with Gasteiger partial charge in [0, 0.05) is 21.0 Å². The summed E-state index contributed by atoms with van der Waals surface area (Å²) in [5, 5.41) is 6.45. The van der Waals surface area contributed by atoms with Gasteiger partial charge in [-0.25, -0.2) is 4.98 Å². The number of nitrogens with zero attached hydrogens (tertiary/aromatic N) is 1. The van der Waals surface area contributed by atoms with E-state index in [9.17, 15) is 4.79 Å². The second-order valence-corrected chi connectivity index (χ2v) is 10.4. The molecule has 2 aromatic rings. The molecule has 1 aromatic heterocycles. The zero-order chi connectivity index (χ0) is 17.7. The third kappa shape index (κ3) is 3.24. The minimum atomic E-state index is 0.0922. The second kappa shape index (κ2) is 6.45. The lowest BCUT2D eigenvalue weighted by Gasteiger charge is -2.56. The number of hydrogen-bond donors (Lipinski definition) is 1. The Kier molecular flexibility index (Phi) is 4.20. The van der Waals surface area contributed by atoms with Crippen LogP contribution in [0.3, 0.4) is 0 Å². The van der Waals surface area contributed by atoms with Gasteiger partial charge in [-0.1, -0.05) is 28.1 Å². The van der Waals surface area contributed by atoms with Crippen LogP contribution >= 0.6 is 27.3 Å². The zero-order valence-corrected chi connectivity index (χ0v) is 17.1. The number of aromatic nitrogens is 1. The van der Waals surface area contributed by atoms with Gasteiger partial charge in [-0.15, -0.1) is 11.3 Å². The lowest BCUT2D eigenvalue weighted by Crippen LogP contribution is -2.60. The van der Waals surface area contributed by atoms with Gasteiger partial charge in [0.25, 0.3) is 0 Å². The maximum atomic E-state index is 12.7. The van der Waals surface area contributed by atoms with Crippen molar-refractivity contribution in [1.82, 2.24) is 10.3 Å². The van der Waals surface area contributed by atoms with Crippen molar-refractivity contribution in [2.24, 2.45) is 17.8 Å². The third-order valence-corrected chi connectivity index (χ3v) is 7.84. The molecule has 0 spiro atoms. The van der Waals surface area contributed by atoms with Crippen LogP contribution in [0.15, 0.2) is 34.1 Å². The molecule has 6 rings (SSSR count). The van der Waals surface area contributed by atoms with Crippen LogP contribution in [-0.4, -0.2) is 16.4 Å². The van der Waals surface area contributed by atoms with E-state index in [4.69, 9.17) is 4.98 Å². The van der Waals surface area contributed by atoms with E-state index in [1.165, 1.54) is 38.5 Å². The van der Waals surface area contributed by atoms with Crippen molar-refractivity contribution in [2.45, 2.75) is 50.5 Å². The van der Waals surface area contributed by atoms with Crippen molar-refractivity contribution in [3.63, 3.8) is 0 Å². The van der Waals surface area contributed by atoms with Crippen molar-refractivity contribution in [2.75, 3.05) is 0 Å². The van der Waals surface area contributed by atoms with Gasteiger partial charge in [0.1, 0.15) is 5.01 Å². The van der Waals surface area contributed by atoms with E-state index in [0.717, 1.165) is 38.5 Å². The molecule has 0 aliphatic heterocycles. The highest BCUT2D eigenvalue weighted by Gasteiger charge is 2.51. The molecule has 0 atom stereocenters. The molecule has 4 fully saturated rings. The molecule has 4 bridgehead atoms. The van der Waals surface area contributed by atoms with E-state index in [0.29, 0.717) is 6.42 Å². The van der Waals surface area contributed by atoms with Crippen LogP contribution < -0.4 is 5.32 Å². The van der Waals surface area contributed by atoms with Crippen molar-refractivity contribution < 1.29 is 4.79 Å². The molecule has 1 heterocycles. The summed E-state index contributed by atoms with van der Waals surface area (Å²) in [5.74, 6) is 2.70. The molecule has 4 aliphatic rings. The van der Waals surface area contributed by atoms with Crippen molar-refractivity contribution in [3.8, 4) is 10.6 Å². The number of nitrogens with one attached hydrogen (secondary N) is 1.